The van der Waals surface area contributed by atoms with Crippen molar-refractivity contribution in [3.8, 4) is 0 Å². The summed E-state index contributed by atoms with van der Waals surface area (Å²) < 4.78 is 57.8. The molecule has 24 heavy (non-hydrogen) atoms. The largest absolute Gasteiger partial charge is 0.298 e. The van der Waals surface area contributed by atoms with E-state index in [-0.39, 0.29) is 22.3 Å². The van der Waals surface area contributed by atoms with E-state index in [9.17, 15) is 17.6 Å². The fraction of sp³-hybridized carbons (Fsp3) is 0.100. The minimum absolute atomic E-state index is 0.174. The third-order valence-corrected chi connectivity index (χ3v) is 3.88. The lowest BCUT2D eigenvalue weighted by atomic mass is 9.95. The van der Waals surface area contributed by atoms with Crippen LogP contribution in [0.5, 0.6) is 0 Å². The minimum Gasteiger partial charge on any atom is -0.196 e. The topological polar surface area (TPSA) is 0 Å². The number of hydrogen-bond acceptors (Lipinski definition) is 0. The van der Waals surface area contributed by atoms with E-state index in [1.165, 1.54) is 48.5 Å². The van der Waals surface area contributed by atoms with Crippen LogP contribution in [0.15, 0.2) is 84.9 Å². The summed E-state index contributed by atoms with van der Waals surface area (Å²) in [5.74, 6) is -6.47. The van der Waals surface area contributed by atoms with Crippen molar-refractivity contribution >= 4 is 0 Å². The standard InChI is InChI=1S/C20H14F4/c21-19(22,15-7-3-1-4-8-15)17-11-13-18(14-12-17)20(23,24)16-9-5-2-6-10-16/h1-14H. The van der Waals surface area contributed by atoms with Crippen LogP contribution in [0.25, 0.3) is 0 Å². The lowest BCUT2D eigenvalue weighted by molar-refractivity contribution is 0.0385. The van der Waals surface area contributed by atoms with Crippen LogP contribution in [-0.2, 0) is 11.8 Å². The van der Waals surface area contributed by atoms with Gasteiger partial charge in [-0.05, 0) is 0 Å². The van der Waals surface area contributed by atoms with Gasteiger partial charge in [0.05, 0.1) is 0 Å². The lowest BCUT2D eigenvalue weighted by Crippen LogP contribution is -2.18. The van der Waals surface area contributed by atoms with E-state index < -0.39 is 11.8 Å². The van der Waals surface area contributed by atoms with Gasteiger partial charge >= 0.3 is 0 Å². The smallest absolute Gasteiger partial charge is 0.196 e. The molecule has 0 aromatic heterocycles. The molecule has 0 unspecified atom stereocenters. The molecular formula is C20H14F4. The molecule has 3 aromatic carbocycles. The van der Waals surface area contributed by atoms with Crippen LogP contribution in [0.3, 0.4) is 0 Å². The first-order chi connectivity index (χ1) is 11.4. The van der Waals surface area contributed by atoms with Crippen molar-refractivity contribution < 1.29 is 17.6 Å². The molecule has 3 aromatic rings. The molecule has 0 aliphatic heterocycles. The number of hydrogen-bond donors (Lipinski definition) is 0. The van der Waals surface area contributed by atoms with Gasteiger partial charge in [0.15, 0.2) is 0 Å². The van der Waals surface area contributed by atoms with Crippen LogP contribution in [0.1, 0.15) is 22.3 Å². The van der Waals surface area contributed by atoms with Crippen LogP contribution in [-0.4, -0.2) is 0 Å². The molecule has 4 heteroatoms. The Balaban J connectivity index is 1.94. The Morgan fingerprint density at radius 2 is 0.625 bits per heavy atom. The summed E-state index contributed by atoms with van der Waals surface area (Å²) in [5, 5.41) is 0. The van der Waals surface area contributed by atoms with Crippen molar-refractivity contribution in [1.82, 2.24) is 0 Å². The molecule has 0 saturated heterocycles. The van der Waals surface area contributed by atoms with Crippen LogP contribution in [0.4, 0.5) is 17.6 Å². The molecule has 0 saturated carbocycles. The predicted molar refractivity (Wildman–Crippen MR) is 85.3 cm³/mol. The van der Waals surface area contributed by atoms with Crippen molar-refractivity contribution in [3.05, 3.63) is 107 Å². The van der Waals surface area contributed by atoms with Crippen molar-refractivity contribution in [3.63, 3.8) is 0 Å². The highest BCUT2D eigenvalue weighted by Gasteiger charge is 2.37. The monoisotopic (exact) mass is 330 g/mol. The fourth-order valence-corrected chi connectivity index (χ4v) is 2.52. The third-order valence-electron chi connectivity index (χ3n) is 3.88. The van der Waals surface area contributed by atoms with Crippen molar-refractivity contribution in [2.45, 2.75) is 11.8 Å². The second-order valence-corrected chi connectivity index (χ2v) is 5.46. The molecule has 0 radical (unpaired) electrons. The molecule has 0 fully saturated rings. The molecule has 0 N–H and O–H groups in total. The molecular weight excluding hydrogens is 316 g/mol. The van der Waals surface area contributed by atoms with E-state index in [0.717, 1.165) is 24.3 Å². The predicted octanol–water partition coefficient (Wildman–Crippen LogP) is 5.97. The van der Waals surface area contributed by atoms with Gasteiger partial charge in [0, 0.05) is 22.3 Å². The summed E-state index contributed by atoms with van der Waals surface area (Å²) in [6.45, 7) is 0. The maximum atomic E-state index is 14.5. The van der Waals surface area contributed by atoms with E-state index in [2.05, 4.69) is 0 Å². The molecule has 0 bridgehead atoms. The van der Waals surface area contributed by atoms with Gasteiger partial charge in [0.1, 0.15) is 0 Å². The van der Waals surface area contributed by atoms with Gasteiger partial charge in [0.2, 0.25) is 0 Å². The van der Waals surface area contributed by atoms with E-state index in [0.29, 0.717) is 0 Å². The molecule has 3 rings (SSSR count). The van der Waals surface area contributed by atoms with Gasteiger partial charge in [0.25, 0.3) is 11.8 Å². The quantitative estimate of drug-likeness (QED) is 0.517. The van der Waals surface area contributed by atoms with Gasteiger partial charge in [-0.25, -0.2) is 0 Å². The Bertz CT molecular complexity index is 724. The first kappa shape index (κ1) is 16.2. The number of rotatable bonds is 4. The van der Waals surface area contributed by atoms with Gasteiger partial charge in [-0.1, -0.05) is 84.9 Å². The summed E-state index contributed by atoms with van der Waals surface area (Å²) in [6, 6.07) is 18.8. The minimum atomic E-state index is -3.23. The Morgan fingerprint density at radius 3 is 0.917 bits per heavy atom. The van der Waals surface area contributed by atoms with E-state index in [1.807, 2.05) is 0 Å². The Morgan fingerprint density at radius 1 is 0.375 bits per heavy atom. The van der Waals surface area contributed by atoms with Crippen molar-refractivity contribution in [1.29, 1.82) is 0 Å². The van der Waals surface area contributed by atoms with E-state index >= 15 is 0 Å². The molecule has 0 nitrogen and oxygen atoms in total. The zero-order valence-electron chi connectivity index (χ0n) is 12.6. The van der Waals surface area contributed by atoms with Crippen LogP contribution in [0.2, 0.25) is 0 Å². The summed E-state index contributed by atoms with van der Waals surface area (Å²) in [5.41, 5.74) is -0.984. The highest BCUT2D eigenvalue weighted by molar-refractivity contribution is 5.39. The molecule has 0 heterocycles. The SMILES string of the molecule is FC(F)(c1ccccc1)c1ccc(C(F)(F)c2ccccc2)cc1. The second-order valence-electron chi connectivity index (χ2n) is 5.46. The van der Waals surface area contributed by atoms with Crippen molar-refractivity contribution in [2.75, 3.05) is 0 Å². The summed E-state index contributed by atoms with van der Waals surface area (Å²) >= 11 is 0. The zero-order chi connectivity index (χ0) is 17.2. The highest BCUT2D eigenvalue weighted by Crippen LogP contribution is 2.39. The van der Waals surface area contributed by atoms with Gasteiger partial charge in [-0.15, -0.1) is 0 Å². The normalized spacial score (nSPS) is 12.2. The average Bonchev–Trinajstić information content (AvgIpc) is 2.63. The number of benzene rings is 3. The van der Waals surface area contributed by atoms with Crippen LogP contribution in [0, 0.1) is 0 Å². The fourth-order valence-electron chi connectivity index (χ4n) is 2.52. The van der Waals surface area contributed by atoms with Crippen LogP contribution < -0.4 is 0 Å². The lowest BCUT2D eigenvalue weighted by Gasteiger charge is -2.20. The maximum absolute atomic E-state index is 14.5. The van der Waals surface area contributed by atoms with Crippen LogP contribution >= 0.6 is 0 Å². The maximum Gasteiger partial charge on any atom is 0.298 e. The van der Waals surface area contributed by atoms with Gasteiger partial charge in [-0.3, -0.25) is 0 Å². The Kier molecular flexibility index (Phi) is 4.14. The van der Waals surface area contributed by atoms with E-state index in [4.69, 9.17) is 0 Å². The Hall–Kier alpha value is -2.62. The van der Waals surface area contributed by atoms with E-state index in [1.54, 1.807) is 12.1 Å². The molecule has 0 aliphatic rings. The summed E-state index contributed by atoms with van der Waals surface area (Å²) in [4.78, 5) is 0. The molecule has 122 valence electrons. The summed E-state index contributed by atoms with van der Waals surface area (Å²) in [7, 11) is 0. The number of alkyl halides is 4. The molecule has 0 amide bonds. The second kappa shape index (κ2) is 6.11. The number of halogens is 4. The third kappa shape index (κ3) is 2.92. The summed E-state index contributed by atoms with van der Waals surface area (Å²) in [6.07, 6.45) is 0. The first-order valence-corrected chi connectivity index (χ1v) is 7.40. The zero-order valence-corrected chi connectivity index (χ0v) is 12.6. The average molecular weight is 330 g/mol. The van der Waals surface area contributed by atoms with Crippen molar-refractivity contribution in [2.24, 2.45) is 0 Å². The van der Waals surface area contributed by atoms with Gasteiger partial charge < -0.3 is 0 Å². The first-order valence-electron chi connectivity index (χ1n) is 7.40. The Labute approximate surface area is 137 Å². The molecule has 0 aliphatic carbocycles. The van der Waals surface area contributed by atoms with Gasteiger partial charge in [-0.2, -0.15) is 17.6 Å². The highest BCUT2D eigenvalue weighted by atomic mass is 19.3. The molecule has 0 atom stereocenters. The molecule has 0 spiro atoms.